The number of nitrogens with zero attached hydrogens (tertiary/aromatic N) is 2. The van der Waals surface area contributed by atoms with Crippen molar-refractivity contribution in [1.29, 1.82) is 0 Å². The van der Waals surface area contributed by atoms with E-state index in [9.17, 15) is 20.2 Å². The molecule has 2 aromatic rings. The average Bonchev–Trinajstić information content (AvgIpc) is 2.40. The molecule has 0 atom stereocenters. The van der Waals surface area contributed by atoms with Crippen molar-refractivity contribution in [2.75, 3.05) is 0 Å². The van der Waals surface area contributed by atoms with Crippen molar-refractivity contribution in [2.45, 2.75) is 0 Å². The van der Waals surface area contributed by atoms with Crippen molar-refractivity contribution in [3.05, 3.63) is 68.8 Å². The fourth-order valence-corrected chi connectivity index (χ4v) is 3.74. The molecule has 2 rings (SSSR count). The first-order valence-electron chi connectivity index (χ1n) is 5.23. The number of hydrogen-bond acceptors (Lipinski definition) is 4. The van der Waals surface area contributed by atoms with Gasteiger partial charge in [0.15, 0.2) is 0 Å². The number of rotatable bonds is 4. The maximum absolute atomic E-state index is 10.5. The van der Waals surface area contributed by atoms with Crippen LogP contribution in [0, 0.1) is 20.2 Å². The van der Waals surface area contributed by atoms with E-state index in [2.05, 4.69) is 0 Å². The predicted octanol–water partition coefficient (Wildman–Crippen LogP) is 1.16. The van der Waals surface area contributed by atoms with Crippen LogP contribution < -0.4 is 7.22 Å². The van der Waals surface area contributed by atoms with Crippen molar-refractivity contribution >= 4 is 39.5 Å². The molecule has 0 bridgehead atoms. The van der Waals surface area contributed by atoms with Crippen LogP contribution in [-0.4, -0.2) is 30.8 Å². The molecule has 0 fully saturated rings. The van der Waals surface area contributed by atoms with Gasteiger partial charge in [-0.25, -0.2) is 0 Å². The zero-order valence-electron chi connectivity index (χ0n) is 9.55. The van der Waals surface area contributed by atoms with Gasteiger partial charge in [-0.2, -0.15) is 0 Å². The topological polar surface area (TPSA) is 86.3 Å². The number of hydrogen-bond donors (Lipinski definition) is 0. The second kappa shape index (κ2) is 5.78. The molecular formula is C12H8N2O4Te. The van der Waals surface area contributed by atoms with Gasteiger partial charge >= 0.3 is 118 Å². The van der Waals surface area contributed by atoms with Gasteiger partial charge in [0.25, 0.3) is 0 Å². The molecule has 0 aromatic heterocycles. The minimum atomic E-state index is -0.675. The standard InChI is InChI=1S/C12H8N2O4Te/c15-13(16)9-1-5-11(6-2-9)19-12-7-3-10(4-8-12)14(17)18/h1-8H. The first kappa shape index (κ1) is 13.5. The monoisotopic (exact) mass is 374 g/mol. The zero-order chi connectivity index (χ0) is 13.8. The number of nitro benzene ring substituents is 2. The second-order valence-corrected chi connectivity index (χ2v) is 6.88. The van der Waals surface area contributed by atoms with Gasteiger partial charge in [-0.1, -0.05) is 0 Å². The molecule has 0 unspecified atom stereocenters. The van der Waals surface area contributed by atoms with E-state index < -0.39 is 30.8 Å². The molecule has 6 nitrogen and oxygen atoms in total. The first-order chi connectivity index (χ1) is 9.06. The molecule has 0 radical (unpaired) electrons. The molecule has 0 amide bonds. The second-order valence-electron chi connectivity index (χ2n) is 3.60. The van der Waals surface area contributed by atoms with Crippen molar-refractivity contribution < 1.29 is 9.85 Å². The van der Waals surface area contributed by atoms with Crippen LogP contribution in [0.25, 0.3) is 0 Å². The third kappa shape index (κ3) is 3.50. The van der Waals surface area contributed by atoms with Crippen molar-refractivity contribution in [2.24, 2.45) is 0 Å². The van der Waals surface area contributed by atoms with Crippen LogP contribution in [0.1, 0.15) is 0 Å². The Balaban J connectivity index is 2.12. The van der Waals surface area contributed by atoms with Gasteiger partial charge in [0.05, 0.1) is 0 Å². The van der Waals surface area contributed by atoms with Crippen LogP contribution in [0.4, 0.5) is 11.4 Å². The van der Waals surface area contributed by atoms with Gasteiger partial charge in [-0.3, -0.25) is 0 Å². The van der Waals surface area contributed by atoms with E-state index >= 15 is 0 Å². The Hall–Kier alpha value is -1.97. The summed E-state index contributed by atoms with van der Waals surface area (Å²) < 4.78 is 2.09. The van der Waals surface area contributed by atoms with Crippen LogP contribution in [0.3, 0.4) is 0 Å². The van der Waals surface area contributed by atoms with Gasteiger partial charge in [-0.05, 0) is 0 Å². The molecule has 0 N–H and O–H groups in total. The van der Waals surface area contributed by atoms with Gasteiger partial charge in [0.2, 0.25) is 0 Å². The van der Waals surface area contributed by atoms with Crippen LogP contribution in [-0.2, 0) is 0 Å². The molecule has 0 saturated carbocycles. The molecule has 19 heavy (non-hydrogen) atoms. The number of benzene rings is 2. The molecule has 96 valence electrons. The van der Waals surface area contributed by atoms with E-state index in [0.29, 0.717) is 0 Å². The fraction of sp³-hybridized carbons (Fsp3) is 0. The molecule has 2 aromatic carbocycles. The van der Waals surface area contributed by atoms with Crippen LogP contribution in [0.15, 0.2) is 48.5 Å². The van der Waals surface area contributed by atoms with E-state index in [-0.39, 0.29) is 11.4 Å². The Labute approximate surface area is 118 Å². The van der Waals surface area contributed by atoms with E-state index in [0.717, 1.165) is 7.22 Å². The maximum atomic E-state index is 10.5. The Bertz CT molecular complexity index is 555. The quantitative estimate of drug-likeness (QED) is 0.458. The molecule has 0 aliphatic rings. The van der Waals surface area contributed by atoms with Gasteiger partial charge < -0.3 is 0 Å². The van der Waals surface area contributed by atoms with E-state index in [1.807, 2.05) is 0 Å². The third-order valence-corrected chi connectivity index (χ3v) is 5.23. The Kier molecular flexibility index (Phi) is 4.09. The number of nitro groups is 2. The van der Waals surface area contributed by atoms with Crippen LogP contribution >= 0.6 is 0 Å². The van der Waals surface area contributed by atoms with Crippen molar-refractivity contribution in [3.8, 4) is 0 Å². The van der Waals surface area contributed by atoms with Crippen molar-refractivity contribution in [1.82, 2.24) is 0 Å². The molecule has 0 spiro atoms. The van der Waals surface area contributed by atoms with Crippen molar-refractivity contribution in [3.63, 3.8) is 0 Å². The molecule has 0 heterocycles. The average molecular weight is 372 g/mol. The summed E-state index contributed by atoms with van der Waals surface area (Å²) >= 11 is -0.675. The Morgan fingerprint density at radius 3 is 1.26 bits per heavy atom. The number of non-ortho nitro benzene ring substituents is 2. The molecule has 0 aliphatic heterocycles. The van der Waals surface area contributed by atoms with Gasteiger partial charge in [0, 0.05) is 0 Å². The normalized spacial score (nSPS) is 10.1. The summed E-state index contributed by atoms with van der Waals surface area (Å²) in [5.74, 6) is 0. The summed E-state index contributed by atoms with van der Waals surface area (Å²) in [7, 11) is 0. The Morgan fingerprint density at radius 2 is 1.00 bits per heavy atom. The molecular weight excluding hydrogens is 364 g/mol. The van der Waals surface area contributed by atoms with E-state index in [4.69, 9.17) is 0 Å². The molecule has 7 heteroatoms. The zero-order valence-corrected chi connectivity index (χ0v) is 11.9. The summed E-state index contributed by atoms with van der Waals surface area (Å²) in [5, 5.41) is 21.0. The van der Waals surface area contributed by atoms with Crippen LogP contribution in [0.5, 0.6) is 0 Å². The first-order valence-corrected chi connectivity index (χ1v) is 7.56. The van der Waals surface area contributed by atoms with Gasteiger partial charge in [0.1, 0.15) is 0 Å². The molecule has 0 aliphatic carbocycles. The molecule has 0 saturated heterocycles. The SMILES string of the molecule is O=[N+]([O-])c1ccc([Te]c2ccc([N+](=O)[O-])cc2)cc1. The van der Waals surface area contributed by atoms with E-state index in [1.165, 1.54) is 24.3 Å². The van der Waals surface area contributed by atoms with Crippen LogP contribution in [0.2, 0.25) is 0 Å². The summed E-state index contributed by atoms with van der Waals surface area (Å²) in [6, 6.07) is 12.9. The Morgan fingerprint density at radius 1 is 0.684 bits per heavy atom. The van der Waals surface area contributed by atoms with E-state index in [1.54, 1.807) is 24.3 Å². The fourth-order valence-electron chi connectivity index (χ4n) is 1.41. The third-order valence-electron chi connectivity index (χ3n) is 2.33. The summed E-state index contributed by atoms with van der Waals surface area (Å²) in [6.07, 6.45) is 0. The summed E-state index contributed by atoms with van der Waals surface area (Å²) in [5.41, 5.74) is 0.139. The predicted molar refractivity (Wildman–Crippen MR) is 71.2 cm³/mol. The summed E-state index contributed by atoms with van der Waals surface area (Å²) in [6.45, 7) is 0. The summed E-state index contributed by atoms with van der Waals surface area (Å²) in [4.78, 5) is 20.2. The minimum absolute atomic E-state index is 0.0694. The van der Waals surface area contributed by atoms with Gasteiger partial charge in [-0.15, -0.1) is 0 Å².